The Morgan fingerprint density at radius 1 is 1.12 bits per heavy atom. The molecule has 4 rings (SSSR count). The molecule has 1 fully saturated rings. The van der Waals surface area contributed by atoms with E-state index in [4.69, 9.17) is 5.11 Å². The fourth-order valence-electron chi connectivity index (χ4n) is 4.04. The molecule has 2 atom stereocenters. The van der Waals surface area contributed by atoms with Crippen LogP contribution in [0, 0.1) is 0 Å². The average Bonchev–Trinajstić information content (AvgIpc) is 3.14. The Morgan fingerprint density at radius 3 is 2.45 bits per heavy atom. The molecule has 0 saturated heterocycles. The molecule has 3 N–H and O–H groups in total. The molecule has 0 radical (unpaired) electrons. The number of carboxylic acids is 1. The maximum atomic E-state index is 13.8. The van der Waals surface area contributed by atoms with Crippen LogP contribution in [0.15, 0.2) is 70.9 Å². The number of halogens is 2. The van der Waals surface area contributed by atoms with Gasteiger partial charge in [0.25, 0.3) is 15.9 Å². The number of nitrogens with one attached hydrogen (secondary N) is 1. The Hall–Kier alpha value is -2.66. The van der Waals surface area contributed by atoms with E-state index in [1.807, 2.05) is 0 Å². The quantitative estimate of drug-likeness (QED) is 0.441. The summed E-state index contributed by atoms with van der Waals surface area (Å²) in [5.41, 5.74) is -1.93. The number of sulfonamides is 1. The number of carbonyl (C=O) groups is 1. The van der Waals surface area contributed by atoms with Gasteiger partial charge >= 0.3 is 5.97 Å². The van der Waals surface area contributed by atoms with Crippen LogP contribution in [0.3, 0.4) is 0 Å². The zero-order chi connectivity index (χ0) is 24.1. The predicted octanol–water partition coefficient (Wildman–Crippen LogP) is 3.96. The minimum absolute atomic E-state index is 0.0924. The van der Waals surface area contributed by atoms with Crippen LogP contribution < -0.4 is 4.72 Å². The largest absolute Gasteiger partial charge is 0.480 e. The average molecular weight is 494 g/mol. The fraction of sp³-hybridized carbons (Fsp3) is 0.261. The van der Waals surface area contributed by atoms with E-state index >= 15 is 0 Å². The molecule has 1 aromatic heterocycles. The first-order valence-corrected chi connectivity index (χ1v) is 12.3. The van der Waals surface area contributed by atoms with Gasteiger partial charge in [-0.15, -0.1) is 11.3 Å². The lowest BCUT2D eigenvalue weighted by atomic mass is 9.93. The Morgan fingerprint density at radius 2 is 1.82 bits per heavy atom. The molecule has 6 nitrogen and oxygen atoms in total. The van der Waals surface area contributed by atoms with E-state index in [2.05, 4.69) is 4.72 Å². The highest BCUT2D eigenvalue weighted by atomic mass is 32.2. The van der Waals surface area contributed by atoms with Crippen molar-refractivity contribution in [1.82, 2.24) is 4.72 Å². The summed E-state index contributed by atoms with van der Waals surface area (Å²) < 4.78 is 56.2. The number of hydrogen-bond acceptors (Lipinski definition) is 5. The van der Waals surface area contributed by atoms with Gasteiger partial charge in [-0.25, -0.2) is 8.42 Å². The van der Waals surface area contributed by atoms with E-state index in [9.17, 15) is 27.1 Å². The van der Waals surface area contributed by atoms with Gasteiger partial charge in [0.15, 0.2) is 0 Å². The number of thiophene rings is 1. The van der Waals surface area contributed by atoms with Gasteiger partial charge in [-0.3, -0.25) is 4.79 Å². The summed E-state index contributed by atoms with van der Waals surface area (Å²) >= 11 is 0.845. The molecular weight excluding hydrogens is 472 g/mol. The molecule has 0 bridgehead atoms. The van der Waals surface area contributed by atoms with Crippen molar-refractivity contribution in [2.24, 2.45) is 0 Å². The molecule has 0 aliphatic heterocycles. The van der Waals surface area contributed by atoms with Crippen LogP contribution in [0.1, 0.15) is 24.5 Å². The third-order valence-electron chi connectivity index (χ3n) is 6.13. The van der Waals surface area contributed by atoms with Crippen molar-refractivity contribution in [3.63, 3.8) is 0 Å². The number of rotatable bonds is 8. The van der Waals surface area contributed by atoms with Gasteiger partial charge in [0.05, 0.1) is 0 Å². The smallest absolute Gasteiger partial charge is 0.325 e. The molecule has 1 saturated carbocycles. The topological polar surface area (TPSA) is 104 Å². The molecule has 1 aliphatic rings. The molecule has 0 spiro atoms. The van der Waals surface area contributed by atoms with Crippen LogP contribution in [0.2, 0.25) is 0 Å². The Labute approximate surface area is 193 Å². The molecule has 10 heteroatoms. The number of carboxylic acid groups (broad SMARTS) is 1. The van der Waals surface area contributed by atoms with Crippen LogP contribution in [0.25, 0.3) is 10.4 Å². The van der Waals surface area contributed by atoms with Gasteiger partial charge in [0.2, 0.25) is 0 Å². The molecule has 2 aromatic carbocycles. The van der Waals surface area contributed by atoms with Gasteiger partial charge in [0, 0.05) is 15.9 Å². The molecular formula is C23H21F2NO5S2. The maximum absolute atomic E-state index is 13.8. The van der Waals surface area contributed by atoms with Crippen molar-refractivity contribution in [2.75, 3.05) is 6.61 Å². The van der Waals surface area contributed by atoms with E-state index in [0.717, 1.165) is 11.3 Å². The van der Waals surface area contributed by atoms with Crippen LogP contribution in [-0.2, 0) is 26.2 Å². The summed E-state index contributed by atoms with van der Waals surface area (Å²) in [6.45, 7) is 0.355. The number of aliphatic hydroxyl groups is 1. The van der Waals surface area contributed by atoms with Gasteiger partial charge in [-0.05, 0) is 35.7 Å². The highest BCUT2D eigenvalue weighted by molar-refractivity contribution is 7.91. The first-order chi connectivity index (χ1) is 15.5. The molecule has 0 unspecified atom stereocenters. The fourth-order valence-corrected chi connectivity index (χ4v) is 6.79. The third-order valence-corrected chi connectivity index (χ3v) is 9.25. The Bertz CT molecular complexity index is 1310. The second kappa shape index (κ2) is 7.98. The third kappa shape index (κ3) is 3.97. The lowest BCUT2D eigenvalue weighted by Crippen LogP contribution is -2.47. The Kier molecular flexibility index (Phi) is 5.68. The lowest BCUT2D eigenvalue weighted by molar-refractivity contribution is -0.140. The van der Waals surface area contributed by atoms with Crippen LogP contribution in [0.4, 0.5) is 8.78 Å². The van der Waals surface area contributed by atoms with Gasteiger partial charge in [0.1, 0.15) is 16.4 Å². The van der Waals surface area contributed by atoms with Gasteiger partial charge < -0.3 is 10.2 Å². The lowest BCUT2D eigenvalue weighted by Gasteiger charge is -2.20. The number of aliphatic hydroxyl groups excluding tert-OH is 1. The highest BCUT2D eigenvalue weighted by Gasteiger charge is 2.72. The van der Waals surface area contributed by atoms with Crippen LogP contribution >= 0.6 is 11.3 Å². The van der Waals surface area contributed by atoms with Crippen molar-refractivity contribution in [3.8, 4) is 10.4 Å². The first-order valence-electron chi connectivity index (χ1n) is 9.98. The maximum Gasteiger partial charge on any atom is 0.325 e. The zero-order valence-electron chi connectivity index (χ0n) is 17.5. The van der Waals surface area contributed by atoms with Crippen molar-refractivity contribution >= 4 is 27.3 Å². The SMILES string of the molecule is C[C@]1(c2ccccc2)C[C@@]1(NS(=O)(=O)c1ccc(-c2cccc(C(F)(F)CO)c2)s1)C(=O)O. The number of hydrogen-bond donors (Lipinski definition) is 3. The number of aliphatic carboxylic acids is 1. The van der Waals surface area contributed by atoms with Crippen molar-refractivity contribution in [2.45, 2.75) is 34.4 Å². The summed E-state index contributed by atoms with van der Waals surface area (Å²) in [6.07, 6.45) is 0.0924. The normalized spacial score (nSPS) is 22.8. The summed E-state index contributed by atoms with van der Waals surface area (Å²) in [5.74, 6) is -4.70. The van der Waals surface area contributed by atoms with E-state index in [1.165, 1.54) is 30.3 Å². The van der Waals surface area contributed by atoms with E-state index in [-0.39, 0.29) is 16.2 Å². The number of benzene rings is 2. The van der Waals surface area contributed by atoms with Crippen molar-refractivity contribution < 1.29 is 32.2 Å². The van der Waals surface area contributed by atoms with Crippen molar-refractivity contribution in [3.05, 3.63) is 77.9 Å². The van der Waals surface area contributed by atoms with Crippen LogP contribution in [0.5, 0.6) is 0 Å². The standard InChI is InChI=1S/C23H21F2NO5S2/c1-21(16-7-3-2-4-8-16)13-22(21,20(28)29)26-33(30,31)19-11-10-18(32-19)15-6-5-9-17(12-15)23(24,25)14-27/h2-12,26-27H,13-14H2,1H3,(H,28,29)/t21-,22-/m1/s1. The minimum Gasteiger partial charge on any atom is -0.480 e. The first kappa shape index (κ1) is 23.5. The van der Waals surface area contributed by atoms with E-state index < -0.39 is 39.5 Å². The molecule has 33 heavy (non-hydrogen) atoms. The zero-order valence-corrected chi connectivity index (χ0v) is 19.1. The highest BCUT2D eigenvalue weighted by Crippen LogP contribution is 2.58. The monoisotopic (exact) mass is 493 g/mol. The minimum atomic E-state index is -4.21. The molecule has 3 aromatic rings. The van der Waals surface area contributed by atoms with Gasteiger partial charge in [-0.1, -0.05) is 55.5 Å². The van der Waals surface area contributed by atoms with E-state index in [0.29, 0.717) is 16.0 Å². The number of alkyl halides is 2. The van der Waals surface area contributed by atoms with Crippen molar-refractivity contribution in [1.29, 1.82) is 0 Å². The molecule has 0 amide bonds. The van der Waals surface area contributed by atoms with Crippen LogP contribution in [-0.4, -0.2) is 36.7 Å². The summed E-state index contributed by atoms with van der Waals surface area (Å²) in [6, 6.07) is 17.0. The summed E-state index contributed by atoms with van der Waals surface area (Å²) in [7, 11) is -4.21. The molecule has 174 valence electrons. The summed E-state index contributed by atoms with van der Waals surface area (Å²) in [4.78, 5) is 12.6. The van der Waals surface area contributed by atoms with E-state index in [1.54, 1.807) is 43.3 Å². The Balaban J connectivity index is 1.64. The summed E-state index contributed by atoms with van der Waals surface area (Å²) in [5, 5.41) is 18.8. The second-order valence-electron chi connectivity index (χ2n) is 8.25. The molecule has 1 heterocycles. The predicted molar refractivity (Wildman–Crippen MR) is 120 cm³/mol. The molecule has 1 aliphatic carbocycles. The van der Waals surface area contributed by atoms with Gasteiger partial charge in [-0.2, -0.15) is 13.5 Å². The second-order valence-corrected chi connectivity index (χ2v) is 11.2.